The largest absolute Gasteiger partial charge is 0.492 e. The molecule has 1 heterocycles. The standard InChI is InChI=1S/C20H27N3O5S/c1-4-27-17(24)11-15-19(26)21-9-10-23(15)20(29)22-18(25)14-7-5-6-8-16(14)28-12-13(2)3/h5-8,13,15H,4,9-12H2,1-3H3,(H,21,26)(H,22,25,29). The van der Waals surface area contributed by atoms with Crippen molar-refractivity contribution < 1.29 is 23.9 Å². The first-order valence-corrected chi connectivity index (χ1v) is 10.0. The monoisotopic (exact) mass is 421 g/mol. The minimum Gasteiger partial charge on any atom is -0.492 e. The molecule has 0 saturated carbocycles. The molecule has 2 N–H and O–H groups in total. The van der Waals surface area contributed by atoms with Crippen LogP contribution in [0.3, 0.4) is 0 Å². The molecular formula is C20H27N3O5S. The number of amides is 2. The van der Waals surface area contributed by atoms with Crippen LogP contribution in [0.2, 0.25) is 0 Å². The van der Waals surface area contributed by atoms with E-state index in [0.29, 0.717) is 36.9 Å². The highest BCUT2D eigenvalue weighted by molar-refractivity contribution is 7.80. The lowest BCUT2D eigenvalue weighted by atomic mass is 10.1. The quantitative estimate of drug-likeness (QED) is 0.509. The zero-order chi connectivity index (χ0) is 21.4. The van der Waals surface area contributed by atoms with Crippen LogP contribution in [-0.4, -0.2) is 60.1 Å². The molecule has 0 radical (unpaired) electrons. The molecule has 2 amide bonds. The highest BCUT2D eigenvalue weighted by Gasteiger charge is 2.34. The third kappa shape index (κ3) is 6.42. The van der Waals surface area contributed by atoms with Crippen molar-refractivity contribution in [2.75, 3.05) is 26.3 Å². The number of piperazine rings is 1. The Hall–Kier alpha value is -2.68. The van der Waals surface area contributed by atoms with Gasteiger partial charge in [0.05, 0.1) is 25.2 Å². The number of carbonyl (C=O) groups is 3. The maximum atomic E-state index is 12.8. The molecule has 29 heavy (non-hydrogen) atoms. The molecule has 1 aromatic carbocycles. The number of rotatable bonds is 7. The fourth-order valence-corrected chi connectivity index (χ4v) is 3.12. The Balaban J connectivity index is 2.10. The van der Waals surface area contributed by atoms with Gasteiger partial charge in [-0.15, -0.1) is 0 Å². The summed E-state index contributed by atoms with van der Waals surface area (Å²) in [6, 6.07) is 6.06. The molecule has 0 aliphatic carbocycles. The maximum absolute atomic E-state index is 12.8. The van der Waals surface area contributed by atoms with Crippen molar-refractivity contribution in [2.45, 2.75) is 33.2 Å². The van der Waals surface area contributed by atoms with Gasteiger partial charge in [0.2, 0.25) is 5.91 Å². The lowest BCUT2D eigenvalue weighted by Gasteiger charge is -2.36. The van der Waals surface area contributed by atoms with Gasteiger partial charge in [-0.25, -0.2) is 0 Å². The number of carbonyl (C=O) groups excluding carboxylic acids is 3. The van der Waals surface area contributed by atoms with Crippen molar-refractivity contribution in [2.24, 2.45) is 5.92 Å². The maximum Gasteiger partial charge on any atom is 0.308 e. The van der Waals surface area contributed by atoms with Crippen molar-refractivity contribution in [1.82, 2.24) is 15.5 Å². The fraction of sp³-hybridized carbons (Fsp3) is 0.500. The summed E-state index contributed by atoms with van der Waals surface area (Å²) in [5.74, 6) is -0.499. The van der Waals surface area contributed by atoms with E-state index in [1.807, 2.05) is 13.8 Å². The molecule has 1 unspecified atom stereocenters. The molecule has 1 aromatic rings. The van der Waals surface area contributed by atoms with E-state index in [1.165, 1.54) is 0 Å². The number of esters is 1. The van der Waals surface area contributed by atoms with Crippen molar-refractivity contribution >= 4 is 35.1 Å². The van der Waals surface area contributed by atoms with Crippen LogP contribution in [0.1, 0.15) is 37.6 Å². The first kappa shape index (κ1) is 22.6. The molecule has 1 aliphatic rings. The molecule has 0 bridgehead atoms. The van der Waals surface area contributed by atoms with Crippen LogP contribution in [0.5, 0.6) is 5.75 Å². The van der Waals surface area contributed by atoms with Gasteiger partial charge in [-0.1, -0.05) is 26.0 Å². The highest BCUT2D eigenvalue weighted by Crippen LogP contribution is 2.19. The number of hydrogen-bond donors (Lipinski definition) is 2. The van der Waals surface area contributed by atoms with Crippen LogP contribution in [0.15, 0.2) is 24.3 Å². The Morgan fingerprint density at radius 3 is 2.76 bits per heavy atom. The minimum atomic E-state index is -0.831. The molecule has 1 fully saturated rings. The smallest absolute Gasteiger partial charge is 0.308 e. The second kappa shape index (κ2) is 10.8. The second-order valence-electron chi connectivity index (χ2n) is 6.97. The summed E-state index contributed by atoms with van der Waals surface area (Å²) in [5, 5.41) is 5.44. The summed E-state index contributed by atoms with van der Waals surface area (Å²) in [6.07, 6.45) is -0.149. The second-order valence-corrected chi connectivity index (χ2v) is 7.36. The van der Waals surface area contributed by atoms with Crippen molar-refractivity contribution in [3.8, 4) is 5.75 Å². The fourth-order valence-electron chi connectivity index (χ4n) is 2.81. The molecule has 9 heteroatoms. The molecule has 1 atom stereocenters. The summed E-state index contributed by atoms with van der Waals surface area (Å²) in [5.41, 5.74) is 0.346. The average molecular weight is 422 g/mol. The predicted octanol–water partition coefficient (Wildman–Crippen LogP) is 1.49. The number of nitrogens with zero attached hydrogens (tertiary/aromatic N) is 1. The van der Waals surface area contributed by atoms with E-state index in [2.05, 4.69) is 10.6 Å². The summed E-state index contributed by atoms with van der Waals surface area (Å²) >= 11 is 5.37. The zero-order valence-electron chi connectivity index (χ0n) is 16.9. The van der Waals surface area contributed by atoms with Crippen LogP contribution in [0.25, 0.3) is 0 Å². The van der Waals surface area contributed by atoms with Gasteiger partial charge in [-0.3, -0.25) is 19.7 Å². The zero-order valence-corrected chi connectivity index (χ0v) is 17.7. The Kier molecular flexibility index (Phi) is 8.38. The van der Waals surface area contributed by atoms with E-state index in [4.69, 9.17) is 21.7 Å². The van der Waals surface area contributed by atoms with Crippen molar-refractivity contribution in [3.05, 3.63) is 29.8 Å². The van der Waals surface area contributed by atoms with Gasteiger partial charge < -0.3 is 19.7 Å². The van der Waals surface area contributed by atoms with E-state index in [-0.39, 0.29) is 24.0 Å². The van der Waals surface area contributed by atoms with Gasteiger partial charge in [0.1, 0.15) is 11.8 Å². The molecule has 1 saturated heterocycles. The molecule has 158 valence electrons. The van der Waals surface area contributed by atoms with Gasteiger partial charge in [0, 0.05) is 13.1 Å². The number of nitrogens with one attached hydrogen (secondary N) is 2. The minimum absolute atomic E-state index is 0.0813. The van der Waals surface area contributed by atoms with Gasteiger partial charge >= 0.3 is 5.97 Å². The predicted molar refractivity (Wildman–Crippen MR) is 112 cm³/mol. The molecule has 2 rings (SSSR count). The van der Waals surface area contributed by atoms with E-state index in [0.717, 1.165) is 0 Å². The van der Waals surface area contributed by atoms with Crippen LogP contribution < -0.4 is 15.4 Å². The molecule has 0 aromatic heterocycles. The molecular weight excluding hydrogens is 394 g/mol. The lowest BCUT2D eigenvalue weighted by molar-refractivity contribution is -0.147. The SMILES string of the molecule is CCOC(=O)CC1C(=O)NCCN1C(=S)NC(=O)c1ccccc1OCC(C)C. The van der Waals surface area contributed by atoms with Crippen LogP contribution >= 0.6 is 12.2 Å². The normalized spacial score (nSPS) is 16.2. The first-order chi connectivity index (χ1) is 13.8. The Labute approximate surface area is 175 Å². The highest BCUT2D eigenvalue weighted by atomic mass is 32.1. The van der Waals surface area contributed by atoms with Crippen molar-refractivity contribution in [1.29, 1.82) is 0 Å². The number of benzene rings is 1. The Morgan fingerprint density at radius 2 is 2.07 bits per heavy atom. The molecule has 8 nitrogen and oxygen atoms in total. The van der Waals surface area contributed by atoms with E-state index in [9.17, 15) is 14.4 Å². The summed E-state index contributed by atoms with van der Waals surface area (Å²) < 4.78 is 10.7. The van der Waals surface area contributed by atoms with Crippen molar-refractivity contribution in [3.63, 3.8) is 0 Å². The number of thiocarbonyl (C=S) groups is 1. The lowest BCUT2D eigenvalue weighted by Crippen LogP contribution is -2.60. The number of ether oxygens (including phenoxy) is 2. The Morgan fingerprint density at radius 1 is 1.34 bits per heavy atom. The summed E-state index contributed by atoms with van der Waals surface area (Å²) in [6.45, 7) is 7.17. The van der Waals surface area contributed by atoms with E-state index in [1.54, 1.807) is 36.1 Å². The molecule has 0 spiro atoms. The third-order valence-corrected chi connectivity index (χ3v) is 4.52. The Bertz CT molecular complexity index is 768. The summed E-state index contributed by atoms with van der Waals surface area (Å²) in [4.78, 5) is 38.4. The van der Waals surface area contributed by atoms with Crippen LogP contribution in [0.4, 0.5) is 0 Å². The van der Waals surface area contributed by atoms with E-state index >= 15 is 0 Å². The van der Waals surface area contributed by atoms with Gasteiger partial charge in [0.15, 0.2) is 5.11 Å². The first-order valence-electron chi connectivity index (χ1n) is 9.60. The number of para-hydroxylation sites is 1. The molecule has 1 aliphatic heterocycles. The third-order valence-electron chi connectivity index (χ3n) is 4.18. The number of hydrogen-bond acceptors (Lipinski definition) is 6. The van der Waals surface area contributed by atoms with Crippen LogP contribution in [-0.2, 0) is 14.3 Å². The van der Waals surface area contributed by atoms with E-state index < -0.39 is 17.9 Å². The summed E-state index contributed by atoms with van der Waals surface area (Å²) in [7, 11) is 0. The van der Waals surface area contributed by atoms with Gasteiger partial charge in [-0.2, -0.15) is 0 Å². The van der Waals surface area contributed by atoms with Crippen LogP contribution in [0, 0.1) is 5.92 Å². The van der Waals surface area contributed by atoms with Gasteiger partial charge in [0.25, 0.3) is 5.91 Å². The average Bonchev–Trinajstić information content (AvgIpc) is 2.68. The topological polar surface area (TPSA) is 97.0 Å². The van der Waals surface area contributed by atoms with Gasteiger partial charge in [-0.05, 0) is 37.2 Å².